The number of carbonyl (C=O) groups excluding carboxylic acids is 1. The summed E-state index contributed by atoms with van der Waals surface area (Å²) >= 11 is 0. The lowest BCUT2D eigenvalue weighted by Crippen LogP contribution is -2.26. The second kappa shape index (κ2) is 6.82. The van der Waals surface area contributed by atoms with Crippen molar-refractivity contribution < 1.29 is 14.4 Å². The zero-order chi connectivity index (χ0) is 20.0. The maximum Gasteiger partial charge on any atom is 0.274 e. The molecule has 2 N–H and O–H groups in total. The minimum absolute atomic E-state index is 0.117. The van der Waals surface area contributed by atoms with Crippen LogP contribution < -0.4 is 5.32 Å². The minimum Gasteiger partial charge on any atom is -0.393 e. The Balaban J connectivity index is 1.40. The summed E-state index contributed by atoms with van der Waals surface area (Å²) in [5.41, 5.74) is 3.50. The molecule has 8 nitrogen and oxygen atoms in total. The maximum atomic E-state index is 12.8. The van der Waals surface area contributed by atoms with Gasteiger partial charge < -0.3 is 14.9 Å². The van der Waals surface area contributed by atoms with Crippen molar-refractivity contribution in [1.82, 2.24) is 19.5 Å². The zero-order valence-electron chi connectivity index (χ0n) is 15.7. The standard InChI is InChI=1S/C21H19N5O3/c1-12-5-6-13(19-24-21(29-25-19)14-8-15(27)9-14)10-16(12)23-20(28)17-11-22-18-4-2-3-7-26(17)18/h2-7,10-11,14-15,27H,8-9H2,1H3,(H,23,28)/t14-,15+. The number of aliphatic hydroxyl groups is 1. The molecule has 1 fully saturated rings. The Hall–Kier alpha value is -3.52. The molecule has 0 radical (unpaired) electrons. The average Bonchev–Trinajstić information content (AvgIpc) is 3.34. The molecule has 0 saturated heterocycles. The fourth-order valence-electron chi connectivity index (χ4n) is 3.49. The van der Waals surface area contributed by atoms with Crippen LogP contribution in [0.4, 0.5) is 5.69 Å². The molecule has 3 heterocycles. The molecule has 0 bridgehead atoms. The van der Waals surface area contributed by atoms with Gasteiger partial charge >= 0.3 is 0 Å². The molecule has 0 aliphatic heterocycles. The van der Waals surface area contributed by atoms with E-state index in [1.165, 1.54) is 0 Å². The molecular formula is C21H19N5O3. The highest BCUT2D eigenvalue weighted by Gasteiger charge is 2.33. The lowest BCUT2D eigenvalue weighted by Gasteiger charge is -2.27. The van der Waals surface area contributed by atoms with Gasteiger partial charge in [0.05, 0.1) is 12.3 Å². The van der Waals surface area contributed by atoms with Gasteiger partial charge in [-0.25, -0.2) is 4.98 Å². The molecule has 1 amide bonds. The number of carbonyl (C=O) groups is 1. The van der Waals surface area contributed by atoms with Crippen LogP contribution >= 0.6 is 0 Å². The normalized spacial score (nSPS) is 18.6. The van der Waals surface area contributed by atoms with E-state index in [0.29, 0.717) is 41.6 Å². The van der Waals surface area contributed by atoms with Crippen molar-refractivity contribution in [2.45, 2.75) is 31.8 Å². The Morgan fingerprint density at radius 1 is 1.28 bits per heavy atom. The van der Waals surface area contributed by atoms with Gasteiger partial charge in [0.2, 0.25) is 11.7 Å². The molecule has 8 heteroatoms. The van der Waals surface area contributed by atoms with Gasteiger partial charge in [0.15, 0.2) is 0 Å². The van der Waals surface area contributed by atoms with E-state index >= 15 is 0 Å². The van der Waals surface area contributed by atoms with Crippen molar-refractivity contribution in [2.75, 3.05) is 5.32 Å². The number of aromatic nitrogens is 4. The number of aryl methyl sites for hydroxylation is 1. The number of imidazole rings is 1. The van der Waals surface area contributed by atoms with Crippen molar-refractivity contribution in [1.29, 1.82) is 0 Å². The molecule has 1 aromatic carbocycles. The van der Waals surface area contributed by atoms with Crippen LogP contribution in [0.5, 0.6) is 0 Å². The quantitative estimate of drug-likeness (QED) is 0.555. The largest absolute Gasteiger partial charge is 0.393 e. The number of nitrogens with one attached hydrogen (secondary N) is 1. The SMILES string of the molecule is Cc1ccc(-c2noc([C@H]3C[C@@H](O)C3)n2)cc1NC(=O)c1cnc2ccccn12. The van der Waals surface area contributed by atoms with E-state index < -0.39 is 0 Å². The highest BCUT2D eigenvalue weighted by Crippen LogP contribution is 2.36. The minimum atomic E-state index is -0.281. The summed E-state index contributed by atoms with van der Waals surface area (Å²) in [6, 6.07) is 11.2. The monoisotopic (exact) mass is 389 g/mol. The van der Waals surface area contributed by atoms with Crippen LogP contribution in [0.15, 0.2) is 53.3 Å². The summed E-state index contributed by atoms with van der Waals surface area (Å²) in [5, 5.41) is 16.5. The van der Waals surface area contributed by atoms with Gasteiger partial charge in [-0.15, -0.1) is 0 Å². The van der Waals surface area contributed by atoms with Gasteiger partial charge in [0.1, 0.15) is 11.3 Å². The number of pyridine rings is 1. The lowest BCUT2D eigenvalue weighted by molar-refractivity contribution is 0.0625. The van der Waals surface area contributed by atoms with Crippen molar-refractivity contribution in [2.24, 2.45) is 0 Å². The van der Waals surface area contributed by atoms with Crippen molar-refractivity contribution in [3.8, 4) is 11.4 Å². The van der Waals surface area contributed by atoms with Crippen LogP contribution in [-0.2, 0) is 0 Å². The van der Waals surface area contributed by atoms with Crippen LogP contribution in [-0.4, -0.2) is 36.6 Å². The predicted octanol–water partition coefficient (Wildman–Crippen LogP) is 3.18. The molecule has 4 aromatic rings. The summed E-state index contributed by atoms with van der Waals surface area (Å²) in [6.45, 7) is 1.92. The zero-order valence-corrected chi connectivity index (χ0v) is 15.7. The second-order valence-electron chi connectivity index (χ2n) is 7.33. The highest BCUT2D eigenvalue weighted by atomic mass is 16.5. The fourth-order valence-corrected chi connectivity index (χ4v) is 3.49. The number of benzene rings is 1. The molecule has 1 aliphatic rings. The second-order valence-corrected chi connectivity index (χ2v) is 7.33. The van der Waals surface area contributed by atoms with Crippen LogP contribution in [0.1, 0.15) is 40.7 Å². The Morgan fingerprint density at radius 3 is 2.97 bits per heavy atom. The Morgan fingerprint density at radius 2 is 2.14 bits per heavy atom. The lowest BCUT2D eigenvalue weighted by atomic mass is 9.82. The van der Waals surface area contributed by atoms with E-state index in [1.54, 1.807) is 16.8 Å². The van der Waals surface area contributed by atoms with Gasteiger partial charge in [-0.2, -0.15) is 4.98 Å². The van der Waals surface area contributed by atoms with E-state index in [2.05, 4.69) is 20.4 Å². The first kappa shape index (κ1) is 17.6. The first-order valence-corrected chi connectivity index (χ1v) is 9.44. The van der Waals surface area contributed by atoms with Crippen molar-refractivity contribution in [3.05, 3.63) is 65.9 Å². The van der Waals surface area contributed by atoms with Gasteiger partial charge in [0, 0.05) is 23.4 Å². The van der Waals surface area contributed by atoms with Crippen LogP contribution in [0.3, 0.4) is 0 Å². The van der Waals surface area contributed by atoms with E-state index in [0.717, 1.165) is 11.1 Å². The Kier molecular flexibility index (Phi) is 4.13. The average molecular weight is 389 g/mol. The van der Waals surface area contributed by atoms with Crippen molar-refractivity contribution in [3.63, 3.8) is 0 Å². The van der Waals surface area contributed by atoms with Crippen LogP contribution in [0, 0.1) is 6.92 Å². The topological polar surface area (TPSA) is 106 Å². The number of anilines is 1. The molecule has 0 atom stereocenters. The van der Waals surface area contributed by atoms with E-state index in [-0.39, 0.29) is 17.9 Å². The number of fused-ring (bicyclic) bond motifs is 1. The Bertz CT molecular complexity index is 1210. The van der Waals surface area contributed by atoms with E-state index in [4.69, 9.17) is 4.52 Å². The summed E-state index contributed by atoms with van der Waals surface area (Å²) in [5.74, 6) is 0.876. The number of hydrogen-bond acceptors (Lipinski definition) is 6. The van der Waals surface area contributed by atoms with Gasteiger partial charge in [-0.3, -0.25) is 9.20 Å². The van der Waals surface area contributed by atoms with E-state index in [1.807, 2.05) is 43.3 Å². The molecule has 146 valence electrons. The summed E-state index contributed by atoms with van der Waals surface area (Å²) < 4.78 is 7.10. The van der Waals surface area contributed by atoms with E-state index in [9.17, 15) is 9.90 Å². The molecule has 29 heavy (non-hydrogen) atoms. The predicted molar refractivity (Wildman–Crippen MR) is 106 cm³/mol. The molecule has 1 aliphatic carbocycles. The number of nitrogens with zero attached hydrogens (tertiary/aromatic N) is 4. The third kappa shape index (κ3) is 3.17. The Labute approximate surface area is 166 Å². The van der Waals surface area contributed by atoms with Crippen LogP contribution in [0.25, 0.3) is 17.0 Å². The van der Waals surface area contributed by atoms with Crippen LogP contribution in [0.2, 0.25) is 0 Å². The molecular weight excluding hydrogens is 370 g/mol. The third-order valence-electron chi connectivity index (χ3n) is 5.30. The first-order valence-electron chi connectivity index (χ1n) is 9.44. The molecule has 0 spiro atoms. The summed E-state index contributed by atoms with van der Waals surface area (Å²) in [6.07, 6.45) is 4.38. The molecule has 3 aromatic heterocycles. The smallest absolute Gasteiger partial charge is 0.274 e. The fraction of sp³-hybridized carbons (Fsp3) is 0.238. The third-order valence-corrected chi connectivity index (χ3v) is 5.30. The van der Waals surface area contributed by atoms with Gasteiger partial charge in [-0.1, -0.05) is 23.4 Å². The highest BCUT2D eigenvalue weighted by molar-refractivity contribution is 6.04. The number of aliphatic hydroxyl groups excluding tert-OH is 1. The van der Waals surface area contributed by atoms with Gasteiger partial charge in [0.25, 0.3) is 5.91 Å². The number of rotatable bonds is 4. The maximum absolute atomic E-state index is 12.8. The number of amides is 1. The van der Waals surface area contributed by atoms with Crippen molar-refractivity contribution >= 4 is 17.2 Å². The molecule has 1 saturated carbocycles. The van der Waals surface area contributed by atoms with Gasteiger partial charge in [-0.05, 0) is 43.5 Å². The molecule has 0 unspecified atom stereocenters. The molecule has 5 rings (SSSR count). The number of hydrogen-bond donors (Lipinski definition) is 2. The summed E-state index contributed by atoms with van der Waals surface area (Å²) in [4.78, 5) is 21.5. The summed E-state index contributed by atoms with van der Waals surface area (Å²) in [7, 11) is 0. The first-order chi connectivity index (χ1) is 14.1.